The summed E-state index contributed by atoms with van der Waals surface area (Å²) in [5, 5.41) is 5.36. The highest BCUT2D eigenvalue weighted by molar-refractivity contribution is 7.89. The minimum atomic E-state index is -3.53. The van der Waals surface area contributed by atoms with Gasteiger partial charge in [0.2, 0.25) is 14.8 Å². The zero-order valence-corrected chi connectivity index (χ0v) is 17.7. The van der Waals surface area contributed by atoms with Crippen molar-refractivity contribution in [2.45, 2.75) is 11.6 Å². The van der Waals surface area contributed by atoms with Gasteiger partial charge in [0.25, 0.3) is 0 Å². The number of piperazine rings is 1. The molecule has 148 valence electrons. The van der Waals surface area contributed by atoms with Crippen LogP contribution in [0.15, 0.2) is 41.7 Å². The number of nitrogens with zero attached hydrogens (tertiary/aromatic N) is 6. The molecule has 0 amide bonds. The number of pyridine rings is 2. The standard InChI is InChI=1S/C16H16Cl2N6O2S2/c17-12-8-14(18)15-20-24(16(27)23(15)10-12)11-21-4-6-22(7-5-21)28(25,26)13-2-1-3-19-9-13/h1-3,8-10H,4-7,11H2. The van der Waals surface area contributed by atoms with Gasteiger partial charge in [-0.1, -0.05) is 23.2 Å². The molecule has 3 aromatic heterocycles. The summed E-state index contributed by atoms with van der Waals surface area (Å²) >= 11 is 17.7. The van der Waals surface area contributed by atoms with Crippen LogP contribution in [-0.2, 0) is 16.7 Å². The first kappa shape index (κ1) is 19.7. The maximum Gasteiger partial charge on any atom is 0.244 e. The first-order chi connectivity index (χ1) is 13.4. The van der Waals surface area contributed by atoms with E-state index in [2.05, 4.69) is 15.0 Å². The first-order valence-electron chi connectivity index (χ1n) is 8.43. The molecule has 3 aromatic rings. The summed E-state index contributed by atoms with van der Waals surface area (Å²) in [5.41, 5.74) is 0.536. The molecule has 0 atom stereocenters. The Morgan fingerprint density at radius 2 is 1.93 bits per heavy atom. The molecule has 0 N–H and O–H groups in total. The molecular formula is C16H16Cl2N6O2S2. The second-order valence-electron chi connectivity index (χ2n) is 6.33. The summed E-state index contributed by atoms with van der Waals surface area (Å²) in [5.74, 6) is 0. The molecule has 4 rings (SSSR count). The summed E-state index contributed by atoms with van der Waals surface area (Å²) in [6, 6.07) is 4.79. The number of sulfonamides is 1. The van der Waals surface area contributed by atoms with Gasteiger partial charge in [0.15, 0.2) is 5.65 Å². The largest absolute Gasteiger partial charge is 0.282 e. The number of rotatable bonds is 4. The third-order valence-corrected chi connectivity index (χ3v) is 7.31. The van der Waals surface area contributed by atoms with E-state index in [4.69, 9.17) is 35.4 Å². The summed E-state index contributed by atoms with van der Waals surface area (Å²) < 4.78 is 30.7. The second kappa shape index (κ2) is 7.69. The summed E-state index contributed by atoms with van der Waals surface area (Å²) in [7, 11) is -3.53. The van der Waals surface area contributed by atoms with Crippen molar-refractivity contribution in [3.63, 3.8) is 0 Å². The molecule has 0 saturated carbocycles. The molecule has 0 radical (unpaired) electrons. The Kier molecular flexibility index (Phi) is 5.43. The Bertz CT molecular complexity index is 1170. The molecule has 0 aromatic carbocycles. The summed E-state index contributed by atoms with van der Waals surface area (Å²) in [4.78, 5) is 6.19. The van der Waals surface area contributed by atoms with E-state index >= 15 is 0 Å². The molecule has 4 heterocycles. The third kappa shape index (κ3) is 3.68. The van der Waals surface area contributed by atoms with E-state index in [1.54, 1.807) is 39.7 Å². The van der Waals surface area contributed by atoms with E-state index in [1.807, 2.05) is 0 Å². The molecule has 1 fully saturated rings. The van der Waals surface area contributed by atoms with Crippen LogP contribution < -0.4 is 0 Å². The fourth-order valence-corrected chi connectivity index (χ4v) is 5.22. The van der Waals surface area contributed by atoms with E-state index in [1.165, 1.54) is 10.5 Å². The highest BCUT2D eigenvalue weighted by atomic mass is 35.5. The van der Waals surface area contributed by atoms with Crippen LogP contribution in [0.2, 0.25) is 10.0 Å². The number of hydrogen-bond acceptors (Lipinski definition) is 6. The van der Waals surface area contributed by atoms with Crippen molar-refractivity contribution in [2.24, 2.45) is 0 Å². The molecule has 0 aliphatic carbocycles. The normalized spacial score (nSPS) is 16.6. The van der Waals surface area contributed by atoms with Crippen molar-refractivity contribution >= 4 is 51.1 Å². The Morgan fingerprint density at radius 3 is 2.61 bits per heavy atom. The molecule has 1 aliphatic rings. The maximum absolute atomic E-state index is 12.7. The van der Waals surface area contributed by atoms with Gasteiger partial charge in [0, 0.05) is 44.8 Å². The lowest BCUT2D eigenvalue weighted by Gasteiger charge is -2.33. The van der Waals surface area contributed by atoms with Crippen LogP contribution in [0.4, 0.5) is 0 Å². The molecule has 8 nitrogen and oxygen atoms in total. The van der Waals surface area contributed by atoms with Crippen LogP contribution in [-0.4, -0.2) is 63.0 Å². The summed E-state index contributed by atoms with van der Waals surface area (Å²) in [6.07, 6.45) is 4.59. The van der Waals surface area contributed by atoms with E-state index < -0.39 is 10.0 Å². The molecule has 28 heavy (non-hydrogen) atoms. The monoisotopic (exact) mass is 458 g/mol. The van der Waals surface area contributed by atoms with Gasteiger partial charge in [0.1, 0.15) is 4.90 Å². The summed E-state index contributed by atoms with van der Waals surface area (Å²) in [6.45, 7) is 2.32. The molecule has 12 heteroatoms. The van der Waals surface area contributed by atoms with Crippen molar-refractivity contribution in [1.82, 2.24) is 28.4 Å². The minimum absolute atomic E-state index is 0.206. The lowest BCUT2D eigenvalue weighted by atomic mass is 10.4. The molecule has 0 unspecified atom stereocenters. The zero-order chi connectivity index (χ0) is 19.9. The van der Waals surface area contributed by atoms with E-state index in [-0.39, 0.29) is 4.90 Å². The zero-order valence-electron chi connectivity index (χ0n) is 14.6. The van der Waals surface area contributed by atoms with Crippen LogP contribution >= 0.6 is 35.4 Å². The fraction of sp³-hybridized carbons (Fsp3) is 0.312. The van der Waals surface area contributed by atoms with Gasteiger partial charge < -0.3 is 0 Å². The number of fused-ring (bicyclic) bond motifs is 1. The Morgan fingerprint density at radius 1 is 1.18 bits per heavy atom. The van der Waals surface area contributed by atoms with Crippen molar-refractivity contribution in [3.05, 3.63) is 51.6 Å². The van der Waals surface area contributed by atoms with Crippen molar-refractivity contribution in [3.8, 4) is 0 Å². The maximum atomic E-state index is 12.7. The third-order valence-electron chi connectivity index (χ3n) is 4.54. The van der Waals surface area contributed by atoms with Crippen molar-refractivity contribution < 1.29 is 8.42 Å². The minimum Gasteiger partial charge on any atom is -0.282 e. The molecule has 0 bridgehead atoms. The Hall–Kier alpha value is -1.56. The van der Waals surface area contributed by atoms with Crippen LogP contribution in [0, 0.1) is 4.77 Å². The predicted octanol–water partition coefficient (Wildman–Crippen LogP) is 2.53. The van der Waals surface area contributed by atoms with E-state index in [0.29, 0.717) is 53.3 Å². The van der Waals surface area contributed by atoms with Gasteiger partial charge in [-0.3, -0.25) is 14.3 Å². The Labute approximate surface area is 177 Å². The van der Waals surface area contributed by atoms with Crippen molar-refractivity contribution in [2.75, 3.05) is 26.2 Å². The van der Waals surface area contributed by atoms with Gasteiger partial charge in [-0.05, 0) is 30.4 Å². The topological polar surface area (TPSA) is 75.7 Å². The van der Waals surface area contributed by atoms with Crippen molar-refractivity contribution in [1.29, 1.82) is 0 Å². The lowest BCUT2D eigenvalue weighted by molar-refractivity contribution is 0.145. The highest BCUT2D eigenvalue weighted by Crippen LogP contribution is 2.22. The van der Waals surface area contributed by atoms with Crippen LogP contribution in [0.1, 0.15) is 0 Å². The average molecular weight is 459 g/mol. The SMILES string of the molecule is O=S(=O)(c1cccnc1)N1CCN(Cn2nc3c(Cl)cc(Cl)cn3c2=S)CC1. The molecule has 1 aliphatic heterocycles. The van der Waals surface area contributed by atoms with Gasteiger partial charge >= 0.3 is 0 Å². The van der Waals surface area contributed by atoms with E-state index in [9.17, 15) is 8.42 Å². The lowest BCUT2D eigenvalue weighted by Crippen LogP contribution is -2.48. The predicted molar refractivity (Wildman–Crippen MR) is 109 cm³/mol. The van der Waals surface area contributed by atoms with Crippen LogP contribution in [0.25, 0.3) is 5.65 Å². The second-order valence-corrected chi connectivity index (χ2v) is 9.48. The Balaban J connectivity index is 1.48. The van der Waals surface area contributed by atoms with Gasteiger partial charge in [0.05, 0.1) is 16.7 Å². The fourth-order valence-electron chi connectivity index (χ4n) is 3.09. The molecular weight excluding hydrogens is 443 g/mol. The molecule has 0 spiro atoms. The van der Waals surface area contributed by atoms with E-state index in [0.717, 1.165) is 0 Å². The average Bonchev–Trinajstić information content (AvgIpc) is 2.99. The van der Waals surface area contributed by atoms with Crippen LogP contribution in [0.3, 0.4) is 0 Å². The van der Waals surface area contributed by atoms with Gasteiger partial charge in [-0.25, -0.2) is 13.1 Å². The van der Waals surface area contributed by atoms with Gasteiger partial charge in [-0.2, -0.15) is 4.31 Å². The number of hydrogen-bond donors (Lipinski definition) is 0. The number of halogens is 2. The van der Waals surface area contributed by atoms with Gasteiger partial charge in [-0.15, -0.1) is 5.10 Å². The highest BCUT2D eigenvalue weighted by Gasteiger charge is 2.28. The number of aromatic nitrogens is 4. The first-order valence-corrected chi connectivity index (χ1v) is 11.0. The molecule has 1 saturated heterocycles. The smallest absolute Gasteiger partial charge is 0.244 e. The van der Waals surface area contributed by atoms with Crippen LogP contribution in [0.5, 0.6) is 0 Å². The quantitative estimate of drug-likeness (QED) is 0.559.